The number of nitrogens with one attached hydrogen (secondary N) is 2. The standard InChI is InChI=1S/C17H21N3O9/c21-13(18-9-10-4-2-1-3-5-10)8-12(16(26)27)20(29)17(28)19-11(15(24)25)6-7-14(22)23/h1-5,11-12,29H,6-9H2,(H,18,21)(H,19,28)(H,22,23)(H,24,25)(H,26,27)/t11?,12-/m0/s1. The van der Waals surface area contributed by atoms with Crippen molar-refractivity contribution in [2.24, 2.45) is 0 Å². The Balaban J connectivity index is 2.69. The van der Waals surface area contributed by atoms with Gasteiger partial charge in [0.25, 0.3) is 0 Å². The second-order valence-electron chi connectivity index (χ2n) is 5.94. The summed E-state index contributed by atoms with van der Waals surface area (Å²) < 4.78 is 0. The summed E-state index contributed by atoms with van der Waals surface area (Å²) in [6.45, 7) is 0.0971. The van der Waals surface area contributed by atoms with Crippen LogP contribution in [0.25, 0.3) is 0 Å². The summed E-state index contributed by atoms with van der Waals surface area (Å²) in [4.78, 5) is 56.9. The molecule has 0 bridgehead atoms. The molecular weight excluding hydrogens is 390 g/mol. The Morgan fingerprint density at radius 3 is 2.10 bits per heavy atom. The van der Waals surface area contributed by atoms with E-state index in [1.807, 2.05) is 5.32 Å². The van der Waals surface area contributed by atoms with E-state index in [0.717, 1.165) is 5.56 Å². The van der Waals surface area contributed by atoms with E-state index in [9.17, 15) is 34.3 Å². The average molecular weight is 411 g/mol. The van der Waals surface area contributed by atoms with Crippen LogP contribution in [-0.2, 0) is 25.7 Å². The summed E-state index contributed by atoms with van der Waals surface area (Å²) in [7, 11) is 0. The normalized spacial score (nSPS) is 12.3. The van der Waals surface area contributed by atoms with Gasteiger partial charge in [0.2, 0.25) is 5.91 Å². The molecule has 0 saturated carbocycles. The number of benzene rings is 1. The van der Waals surface area contributed by atoms with Crippen LogP contribution in [0, 0.1) is 0 Å². The first kappa shape index (κ1) is 23.4. The Bertz CT molecular complexity index is 754. The lowest BCUT2D eigenvalue weighted by Crippen LogP contribution is -2.53. The first-order chi connectivity index (χ1) is 13.6. The number of carbonyl (C=O) groups is 5. The first-order valence-electron chi connectivity index (χ1n) is 8.38. The highest BCUT2D eigenvalue weighted by atomic mass is 16.5. The summed E-state index contributed by atoms with van der Waals surface area (Å²) in [6.07, 6.45) is -1.86. The molecule has 0 heterocycles. The van der Waals surface area contributed by atoms with Gasteiger partial charge in [0.1, 0.15) is 6.04 Å². The molecule has 1 unspecified atom stereocenters. The highest BCUT2D eigenvalue weighted by molar-refractivity contribution is 5.89. The number of hydroxylamine groups is 2. The fraction of sp³-hybridized carbons (Fsp3) is 0.353. The van der Waals surface area contributed by atoms with E-state index in [-0.39, 0.29) is 11.6 Å². The van der Waals surface area contributed by atoms with Crippen LogP contribution >= 0.6 is 0 Å². The number of hydrogen-bond acceptors (Lipinski definition) is 6. The lowest BCUT2D eigenvalue weighted by Gasteiger charge is -2.24. The minimum atomic E-state index is -1.99. The lowest BCUT2D eigenvalue weighted by atomic mass is 10.1. The minimum Gasteiger partial charge on any atom is -0.481 e. The predicted molar refractivity (Wildman–Crippen MR) is 94.8 cm³/mol. The summed E-state index contributed by atoms with van der Waals surface area (Å²) in [5.74, 6) is -5.34. The van der Waals surface area contributed by atoms with E-state index in [1.54, 1.807) is 30.3 Å². The van der Waals surface area contributed by atoms with Gasteiger partial charge in [-0.2, -0.15) is 5.06 Å². The third kappa shape index (κ3) is 8.26. The maximum Gasteiger partial charge on any atom is 0.342 e. The van der Waals surface area contributed by atoms with Crippen LogP contribution in [0.15, 0.2) is 30.3 Å². The van der Waals surface area contributed by atoms with Crippen molar-refractivity contribution in [3.63, 3.8) is 0 Å². The Morgan fingerprint density at radius 2 is 1.59 bits per heavy atom. The zero-order chi connectivity index (χ0) is 22.0. The van der Waals surface area contributed by atoms with Gasteiger partial charge >= 0.3 is 23.9 Å². The van der Waals surface area contributed by atoms with E-state index < -0.39 is 61.2 Å². The van der Waals surface area contributed by atoms with Crippen LogP contribution in [-0.4, -0.2) is 67.5 Å². The summed E-state index contributed by atoms with van der Waals surface area (Å²) in [5.41, 5.74) is 0.744. The van der Waals surface area contributed by atoms with Crippen LogP contribution in [0.1, 0.15) is 24.8 Å². The molecule has 0 fully saturated rings. The van der Waals surface area contributed by atoms with Gasteiger partial charge in [-0.25, -0.2) is 14.4 Å². The molecule has 12 heteroatoms. The quantitative estimate of drug-likeness (QED) is 0.212. The molecular formula is C17H21N3O9. The number of carbonyl (C=O) groups excluding carboxylic acids is 2. The molecule has 1 aromatic rings. The Labute approximate surface area is 164 Å². The highest BCUT2D eigenvalue weighted by Crippen LogP contribution is 2.06. The van der Waals surface area contributed by atoms with Gasteiger partial charge in [0.15, 0.2) is 6.04 Å². The number of rotatable bonds is 11. The van der Waals surface area contributed by atoms with Crippen LogP contribution in [0.5, 0.6) is 0 Å². The number of hydrogen-bond donors (Lipinski definition) is 6. The smallest absolute Gasteiger partial charge is 0.342 e. The molecule has 0 radical (unpaired) electrons. The van der Waals surface area contributed by atoms with Crippen molar-refractivity contribution in [2.45, 2.75) is 37.9 Å². The molecule has 2 atom stereocenters. The lowest BCUT2D eigenvalue weighted by molar-refractivity contribution is -0.159. The summed E-state index contributed by atoms with van der Waals surface area (Å²) in [6, 6.07) is 3.55. The Morgan fingerprint density at radius 1 is 0.966 bits per heavy atom. The maximum atomic E-state index is 12.0. The van der Waals surface area contributed by atoms with Gasteiger partial charge < -0.3 is 26.0 Å². The van der Waals surface area contributed by atoms with Gasteiger partial charge in [-0.15, -0.1) is 0 Å². The van der Waals surface area contributed by atoms with E-state index >= 15 is 0 Å². The molecule has 0 spiro atoms. The second-order valence-corrected chi connectivity index (χ2v) is 5.94. The minimum absolute atomic E-state index is 0.0971. The molecule has 0 aliphatic carbocycles. The molecule has 0 aliphatic heterocycles. The number of aliphatic carboxylic acids is 3. The van der Waals surface area contributed by atoms with E-state index in [0.29, 0.717) is 0 Å². The van der Waals surface area contributed by atoms with Crippen molar-refractivity contribution in [2.75, 3.05) is 0 Å². The van der Waals surface area contributed by atoms with Gasteiger partial charge in [-0.3, -0.25) is 14.8 Å². The molecule has 29 heavy (non-hydrogen) atoms. The fourth-order valence-electron chi connectivity index (χ4n) is 2.20. The highest BCUT2D eigenvalue weighted by Gasteiger charge is 2.33. The van der Waals surface area contributed by atoms with Gasteiger partial charge in [0, 0.05) is 13.0 Å². The van der Waals surface area contributed by atoms with Crippen LogP contribution in [0.2, 0.25) is 0 Å². The molecule has 0 aliphatic rings. The Hall–Kier alpha value is -3.67. The Kier molecular flexibility index (Phi) is 9.05. The van der Waals surface area contributed by atoms with E-state index in [1.165, 1.54) is 0 Å². The molecule has 0 saturated heterocycles. The van der Waals surface area contributed by atoms with Crippen molar-refractivity contribution >= 4 is 29.8 Å². The van der Waals surface area contributed by atoms with E-state index in [4.69, 9.17) is 10.2 Å². The number of carboxylic acids is 3. The first-order valence-corrected chi connectivity index (χ1v) is 8.38. The summed E-state index contributed by atoms with van der Waals surface area (Å²) in [5, 5.41) is 40.6. The van der Waals surface area contributed by atoms with Crippen molar-refractivity contribution in [1.29, 1.82) is 0 Å². The fourth-order valence-corrected chi connectivity index (χ4v) is 2.20. The van der Waals surface area contributed by atoms with Crippen molar-refractivity contribution in [3.05, 3.63) is 35.9 Å². The molecule has 3 amide bonds. The van der Waals surface area contributed by atoms with Crippen LogP contribution in [0.4, 0.5) is 4.79 Å². The molecule has 1 rings (SSSR count). The number of amides is 3. The predicted octanol–water partition coefficient (Wildman–Crippen LogP) is -0.135. The zero-order valence-corrected chi connectivity index (χ0v) is 15.1. The second kappa shape index (κ2) is 11.2. The molecule has 158 valence electrons. The SMILES string of the molecule is O=C(O)CCC(NC(=O)N(O)[C@@H](CC(=O)NCc1ccccc1)C(=O)O)C(=O)O. The molecule has 12 nitrogen and oxygen atoms in total. The van der Waals surface area contributed by atoms with Gasteiger partial charge in [0.05, 0.1) is 6.42 Å². The summed E-state index contributed by atoms with van der Waals surface area (Å²) >= 11 is 0. The van der Waals surface area contributed by atoms with Crippen LogP contribution in [0.3, 0.4) is 0 Å². The number of urea groups is 1. The van der Waals surface area contributed by atoms with Gasteiger partial charge in [-0.05, 0) is 12.0 Å². The third-order valence-electron chi connectivity index (χ3n) is 3.74. The topological polar surface area (TPSA) is 194 Å². The van der Waals surface area contributed by atoms with Gasteiger partial charge in [-0.1, -0.05) is 30.3 Å². The zero-order valence-electron chi connectivity index (χ0n) is 15.1. The maximum absolute atomic E-state index is 12.0. The number of nitrogens with zero attached hydrogens (tertiary/aromatic N) is 1. The average Bonchev–Trinajstić information content (AvgIpc) is 2.67. The third-order valence-corrected chi connectivity index (χ3v) is 3.74. The molecule has 1 aromatic carbocycles. The van der Waals surface area contributed by atoms with Crippen LogP contribution < -0.4 is 10.6 Å². The molecule has 0 aromatic heterocycles. The monoisotopic (exact) mass is 411 g/mol. The molecule has 6 N–H and O–H groups in total. The number of carboxylic acid groups (broad SMARTS) is 3. The van der Waals surface area contributed by atoms with Crippen molar-refractivity contribution in [3.8, 4) is 0 Å². The van der Waals surface area contributed by atoms with E-state index in [2.05, 4.69) is 5.32 Å². The van der Waals surface area contributed by atoms with Crippen molar-refractivity contribution < 1.29 is 44.5 Å². The van der Waals surface area contributed by atoms with Crippen molar-refractivity contribution in [1.82, 2.24) is 15.7 Å². The largest absolute Gasteiger partial charge is 0.481 e.